The van der Waals surface area contributed by atoms with E-state index in [0.717, 1.165) is 12.0 Å². The minimum absolute atomic E-state index is 0.0955. The Kier molecular flexibility index (Phi) is 4.39. The third kappa shape index (κ3) is 3.77. The van der Waals surface area contributed by atoms with E-state index < -0.39 is 0 Å². The highest BCUT2D eigenvalue weighted by Gasteiger charge is 2.05. The molecule has 0 saturated carbocycles. The third-order valence-electron chi connectivity index (χ3n) is 2.19. The molecule has 0 saturated heterocycles. The van der Waals surface area contributed by atoms with E-state index >= 15 is 0 Å². The van der Waals surface area contributed by atoms with Crippen LogP contribution >= 0.6 is 0 Å². The average molecular weight is 211 g/mol. The van der Waals surface area contributed by atoms with Crippen LogP contribution in [0.4, 0.5) is 0 Å². The van der Waals surface area contributed by atoms with Crippen molar-refractivity contribution in [1.82, 2.24) is 5.32 Å². The van der Waals surface area contributed by atoms with Gasteiger partial charge >= 0.3 is 0 Å². The van der Waals surface area contributed by atoms with Gasteiger partial charge in [0, 0.05) is 12.6 Å². The Labute approximate surface area is 89.2 Å². The second-order valence-corrected chi connectivity index (χ2v) is 3.61. The van der Waals surface area contributed by atoms with E-state index in [-0.39, 0.29) is 24.1 Å². The number of aliphatic hydroxyl groups excluding tert-OH is 1. The molecule has 0 fully saturated rings. The highest BCUT2D eigenvalue weighted by atomic mass is 16.3. The van der Waals surface area contributed by atoms with E-state index in [9.17, 15) is 5.11 Å². The smallest absolute Gasteiger partial charge is 0.157 e. The van der Waals surface area contributed by atoms with Gasteiger partial charge in [-0.05, 0) is 31.0 Å². The molecule has 0 aromatic heterocycles. The molecule has 1 atom stereocenters. The Morgan fingerprint density at radius 1 is 1.27 bits per heavy atom. The van der Waals surface area contributed by atoms with Crippen molar-refractivity contribution < 1.29 is 15.3 Å². The maximum atomic E-state index is 9.28. The van der Waals surface area contributed by atoms with Gasteiger partial charge in [0.1, 0.15) is 0 Å². The standard InChI is InChI=1S/C11H17NO3/c1-8(12-4-5-13)6-9-2-3-10(14)11(15)7-9/h2-3,7-8,12-15H,4-6H2,1H3. The molecule has 0 aliphatic rings. The van der Waals surface area contributed by atoms with E-state index in [0.29, 0.717) is 6.54 Å². The molecule has 1 aromatic carbocycles. The van der Waals surface area contributed by atoms with E-state index in [2.05, 4.69) is 5.32 Å². The molecule has 4 nitrogen and oxygen atoms in total. The molecule has 0 aliphatic carbocycles. The lowest BCUT2D eigenvalue weighted by Crippen LogP contribution is -2.30. The maximum absolute atomic E-state index is 9.28. The minimum Gasteiger partial charge on any atom is -0.504 e. The van der Waals surface area contributed by atoms with Gasteiger partial charge in [-0.25, -0.2) is 0 Å². The van der Waals surface area contributed by atoms with Crippen molar-refractivity contribution in [3.8, 4) is 11.5 Å². The molecule has 1 aromatic rings. The number of aromatic hydroxyl groups is 2. The fourth-order valence-corrected chi connectivity index (χ4v) is 1.43. The molecule has 0 spiro atoms. The molecular formula is C11H17NO3. The zero-order valence-corrected chi connectivity index (χ0v) is 8.77. The minimum atomic E-state index is -0.102. The first-order chi connectivity index (χ1) is 7.13. The summed E-state index contributed by atoms with van der Waals surface area (Å²) in [4.78, 5) is 0. The van der Waals surface area contributed by atoms with Crippen LogP contribution < -0.4 is 5.32 Å². The molecule has 1 unspecified atom stereocenters. The number of hydrogen-bond donors (Lipinski definition) is 4. The zero-order valence-electron chi connectivity index (χ0n) is 8.77. The molecule has 0 radical (unpaired) electrons. The van der Waals surface area contributed by atoms with Crippen LogP contribution in [0.15, 0.2) is 18.2 Å². The molecule has 4 heteroatoms. The predicted octanol–water partition coefficient (Wildman–Crippen LogP) is 0.611. The van der Waals surface area contributed by atoms with Gasteiger partial charge in [0.2, 0.25) is 0 Å². The molecule has 0 bridgehead atoms. The van der Waals surface area contributed by atoms with Gasteiger partial charge in [-0.2, -0.15) is 0 Å². The van der Waals surface area contributed by atoms with Gasteiger partial charge < -0.3 is 20.6 Å². The predicted molar refractivity (Wildman–Crippen MR) is 58.0 cm³/mol. The van der Waals surface area contributed by atoms with Gasteiger partial charge in [-0.3, -0.25) is 0 Å². The largest absolute Gasteiger partial charge is 0.504 e. The Bertz CT molecular complexity index is 315. The van der Waals surface area contributed by atoms with Crippen molar-refractivity contribution >= 4 is 0 Å². The summed E-state index contributed by atoms with van der Waals surface area (Å²) in [5.41, 5.74) is 0.947. The molecule has 84 valence electrons. The van der Waals surface area contributed by atoms with Crippen molar-refractivity contribution in [3.63, 3.8) is 0 Å². The first-order valence-electron chi connectivity index (χ1n) is 4.98. The van der Waals surface area contributed by atoms with Crippen LogP contribution in [0.1, 0.15) is 12.5 Å². The summed E-state index contributed by atoms with van der Waals surface area (Å²) in [7, 11) is 0. The number of benzene rings is 1. The number of phenolic OH excluding ortho intramolecular Hbond substituents is 2. The summed E-state index contributed by atoms with van der Waals surface area (Å²) >= 11 is 0. The van der Waals surface area contributed by atoms with Crippen molar-refractivity contribution in [2.75, 3.05) is 13.2 Å². The fourth-order valence-electron chi connectivity index (χ4n) is 1.43. The van der Waals surface area contributed by atoms with Gasteiger partial charge in [0.15, 0.2) is 11.5 Å². The summed E-state index contributed by atoms with van der Waals surface area (Å²) in [5.74, 6) is -0.198. The third-order valence-corrected chi connectivity index (χ3v) is 2.19. The second kappa shape index (κ2) is 5.58. The molecule has 4 N–H and O–H groups in total. The van der Waals surface area contributed by atoms with Crippen molar-refractivity contribution in [1.29, 1.82) is 0 Å². The number of phenols is 2. The zero-order chi connectivity index (χ0) is 11.3. The summed E-state index contributed by atoms with van der Waals surface area (Å²) in [6.07, 6.45) is 0.744. The summed E-state index contributed by atoms with van der Waals surface area (Å²) < 4.78 is 0. The van der Waals surface area contributed by atoms with Crippen LogP contribution in [0.5, 0.6) is 11.5 Å². The van der Waals surface area contributed by atoms with Crippen LogP contribution in [-0.2, 0) is 6.42 Å². The maximum Gasteiger partial charge on any atom is 0.157 e. The Morgan fingerprint density at radius 3 is 2.60 bits per heavy atom. The normalized spacial score (nSPS) is 12.7. The van der Waals surface area contributed by atoms with Gasteiger partial charge in [-0.15, -0.1) is 0 Å². The highest BCUT2D eigenvalue weighted by molar-refractivity contribution is 5.40. The van der Waals surface area contributed by atoms with Gasteiger partial charge in [0.25, 0.3) is 0 Å². The van der Waals surface area contributed by atoms with Crippen molar-refractivity contribution in [3.05, 3.63) is 23.8 Å². The average Bonchev–Trinajstić information content (AvgIpc) is 2.20. The van der Waals surface area contributed by atoms with Gasteiger partial charge in [0.05, 0.1) is 6.61 Å². The molecule has 0 amide bonds. The number of aliphatic hydroxyl groups is 1. The fraction of sp³-hybridized carbons (Fsp3) is 0.455. The van der Waals surface area contributed by atoms with Crippen LogP contribution in [0.2, 0.25) is 0 Å². The quantitative estimate of drug-likeness (QED) is 0.538. The molecule has 1 rings (SSSR count). The van der Waals surface area contributed by atoms with E-state index in [4.69, 9.17) is 10.2 Å². The van der Waals surface area contributed by atoms with E-state index in [1.165, 1.54) is 6.07 Å². The molecule has 0 heterocycles. The van der Waals surface area contributed by atoms with Crippen molar-refractivity contribution in [2.24, 2.45) is 0 Å². The summed E-state index contributed by atoms with van der Waals surface area (Å²) in [6.45, 7) is 2.68. The lowest BCUT2D eigenvalue weighted by molar-refractivity contribution is 0.285. The lowest BCUT2D eigenvalue weighted by atomic mass is 10.1. The second-order valence-electron chi connectivity index (χ2n) is 3.61. The SMILES string of the molecule is CC(Cc1ccc(O)c(O)c1)NCCO. The first kappa shape index (κ1) is 11.8. The topological polar surface area (TPSA) is 72.7 Å². The van der Waals surface area contributed by atoms with Crippen molar-refractivity contribution in [2.45, 2.75) is 19.4 Å². The number of rotatable bonds is 5. The van der Waals surface area contributed by atoms with Crippen LogP contribution in [0.3, 0.4) is 0 Å². The van der Waals surface area contributed by atoms with Gasteiger partial charge in [-0.1, -0.05) is 6.07 Å². The monoisotopic (exact) mass is 211 g/mol. The molecular weight excluding hydrogens is 194 g/mol. The van der Waals surface area contributed by atoms with E-state index in [1.807, 2.05) is 6.92 Å². The molecule has 15 heavy (non-hydrogen) atoms. The summed E-state index contributed by atoms with van der Waals surface area (Å²) in [5, 5.41) is 30.1. The Hall–Kier alpha value is -1.26. The van der Waals surface area contributed by atoms with Crippen LogP contribution in [0.25, 0.3) is 0 Å². The van der Waals surface area contributed by atoms with Crippen LogP contribution in [-0.4, -0.2) is 34.5 Å². The van der Waals surface area contributed by atoms with Crippen LogP contribution in [0, 0.1) is 0 Å². The van der Waals surface area contributed by atoms with E-state index in [1.54, 1.807) is 12.1 Å². The number of hydrogen-bond acceptors (Lipinski definition) is 4. The Balaban J connectivity index is 2.53. The highest BCUT2D eigenvalue weighted by Crippen LogP contribution is 2.25. The number of nitrogens with one attached hydrogen (secondary N) is 1. The Morgan fingerprint density at radius 2 is 2.00 bits per heavy atom. The lowest BCUT2D eigenvalue weighted by Gasteiger charge is -2.13. The first-order valence-corrected chi connectivity index (χ1v) is 4.98. The summed E-state index contributed by atoms with van der Waals surface area (Å²) in [6, 6.07) is 5.02. The molecule has 0 aliphatic heterocycles.